The molecular formula is C47H47F3N2O6. The normalized spacial score (nSPS) is 11.0. The lowest BCUT2D eigenvalue weighted by Gasteiger charge is -2.24. The quantitative estimate of drug-likeness (QED) is 0.0888. The molecule has 0 bridgehead atoms. The van der Waals surface area contributed by atoms with Crippen molar-refractivity contribution in [3.05, 3.63) is 191 Å². The summed E-state index contributed by atoms with van der Waals surface area (Å²) in [5.74, 6) is -0.0717. The monoisotopic (exact) mass is 792 g/mol. The molecule has 0 aliphatic rings. The number of ether oxygens (including phenoxy) is 4. The van der Waals surface area contributed by atoms with Gasteiger partial charge < -0.3 is 34.6 Å². The molecule has 6 aromatic rings. The van der Waals surface area contributed by atoms with Crippen LogP contribution in [0.1, 0.15) is 39.8 Å². The van der Waals surface area contributed by atoms with E-state index in [9.17, 15) is 13.2 Å². The fraction of sp³-hybridized carbons (Fsp3) is 0.213. The minimum Gasteiger partial charge on any atom is -0.542 e. The fourth-order valence-electron chi connectivity index (χ4n) is 5.77. The number of carbonyl (C=O) groups excluding carboxylic acids is 1. The lowest BCUT2D eigenvalue weighted by atomic mass is 10.1. The van der Waals surface area contributed by atoms with Crippen LogP contribution in [0.5, 0.6) is 23.0 Å². The van der Waals surface area contributed by atoms with Crippen LogP contribution >= 0.6 is 0 Å². The lowest BCUT2D eigenvalue weighted by Crippen LogP contribution is -2.51. The number of alkyl halides is 3. The Hall–Kier alpha value is -6.30. The molecule has 6 rings (SSSR count). The van der Waals surface area contributed by atoms with Gasteiger partial charge in [-0.1, -0.05) is 133 Å². The number of hydrogen-bond acceptors (Lipinski definition) is 7. The van der Waals surface area contributed by atoms with E-state index < -0.39 is 12.1 Å². The second-order valence-corrected chi connectivity index (χ2v) is 13.4. The summed E-state index contributed by atoms with van der Waals surface area (Å²) in [6.07, 6.45) is -4.20. The SMILES string of the molecule is O=C([O-])C(F)(F)F.[NH3+]CCCN(Cc1ccc(OCc2ccccc2)c(OCc2ccccc2)c1)Cc1ccc(OCc2ccccc2)c(OCc2ccccc2)c1. The van der Waals surface area contributed by atoms with E-state index in [4.69, 9.17) is 28.8 Å². The van der Waals surface area contributed by atoms with Crippen LogP contribution < -0.4 is 29.8 Å². The van der Waals surface area contributed by atoms with Crippen LogP contribution in [-0.2, 0) is 44.3 Å². The summed E-state index contributed by atoms with van der Waals surface area (Å²) in [5.41, 5.74) is 10.9. The Morgan fingerprint density at radius 2 is 0.810 bits per heavy atom. The molecule has 0 spiro atoms. The molecule has 0 aliphatic carbocycles. The number of carboxylic acid groups (broad SMARTS) is 1. The van der Waals surface area contributed by atoms with Crippen molar-refractivity contribution in [1.82, 2.24) is 4.90 Å². The topological polar surface area (TPSA) is 108 Å². The Morgan fingerprint density at radius 3 is 1.10 bits per heavy atom. The average Bonchev–Trinajstić information content (AvgIpc) is 3.24. The van der Waals surface area contributed by atoms with E-state index in [1.807, 2.05) is 84.9 Å². The van der Waals surface area contributed by atoms with Crippen LogP contribution in [0.25, 0.3) is 0 Å². The molecule has 0 aromatic heterocycles. The number of halogens is 3. The highest BCUT2D eigenvalue weighted by molar-refractivity contribution is 5.70. The number of benzene rings is 6. The van der Waals surface area contributed by atoms with Gasteiger partial charge in [0.2, 0.25) is 0 Å². The van der Waals surface area contributed by atoms with Gasteiger partial charge in [-0.25, -0.2) is 0 Å². The first kappa shape index (κ1) is 42.8. The van der Waals surface area contributed by atoms with E-state index in [1.54, 1.807) is 0 Å². The first-order valence-corrected chi connectivity index (χ1v) is 18.9. The van der Waals surface area contributed by atoms with E-state index in [0.717, 1.165) is 89.0 Å². The van der Waals surface area contributed by atoms with Crippen LogP contribution in [-0.4, -0.2) is 30.1 Å². The first-order valence-electron chi connectivity index (χ1n) is 18.9. The molecule has 0 saturated carbocycles. The van der Waals surface area contributed by atoms with Gasteiger partial charge in [0.05, 0.1) is 6.54 Å². The van der Waals surface area contributed by atoms with Gasteiger partial charge in [0, 0.05) is 26.1 Å². The number of hydrogen-bond donors (Lipinski definition) is 1. The van der Waals surface area contributed by atoms with Crippen molar-refractivity contribution in [1.29, 1.82) is 0 Å². The lowest BCUT2D eigenvalue weighted by molar-refractivity contribution is -0.368. The van der Waals surface area contributed by atoms with E-state index >= 15 is 0 Å². The average molecular weight is 793 g/mol. The second kappa shape index (κ2) is 22.4. The van der Waals surface area contributed by atoms with Gasteiger partial charge in [-0.2, -0.15) is 13.2 Å². The summed E-state index contributed by atoms with van der Waals surface area (Å²) in [5, 5.41) is 8.78. The molecule has 0 amide bonds. The minimum absolute atomic E-state index is 0.460. The molecule has 0 aliphatic heterocycles. The number of aliphatic carboxylic acids is 1. The standard InChI is InChI=1S/C45H46N2O4.C2HF3O2/c46-26-13-27-47(30-40-22-24-42(48-32-36-14-5-1-6-15-36)44(28-40)50-34-38-18-9-3-10-19-38)31-41-23-25-43(49-33-37-16-7-2-8-17-37)45(29-41)51-35-39-20-11-4-12-21-39;3-2(4,5)1(6)7/h1-12,14-25,28-29H,13,26-27,30-35,46H2;(H,6,7). The summed E-state index contributed by atoms with van der Waals surface area (Å²) < 4.78 is 56.9. The van der Waals surface area contributed by atoms with Gasteiger partial charge in [0.25, 0.3) is 0 Å². The first-order chi connectivity index (χ1) is 28.2. The summed E-state index contributed by atoms with van der Waals surface area (Å²) in [6, 6.07) is 53.4. The number of carbonyl (C=O) groups is 1. The number of rotatable bonds is 19. The number of quaternary nitrogens is 1. The van der Waals surface area contributed by atoms with Crippen molar-refractivity contribution in [3.8, 4) is 23.0 Å². The third-order valence-electron chi connectivity index (χ3n) is 8.73. The molecule has 6 aromatic carbocycles. The minimum atomic E-state index is -5.19. The van der Waals surface area contributed by atoms with Crippen molar-refractivity contribution >= 4 is 5.97 Å². The predicted molar refractivity (Wildman–Crippen MR) is 214 cm³/mol. The molecule has 0 fully saturated rings. The Balaban J connectivity index is 0.000000839. The molecule has 58 heavy (non-hydrogen) atoms. The summed E-state index contributed by atoms with van der Waals surface area (Å²) >= 11 is 0. The van der Waals surface area contributed by atoms with E-state index in [-0.39, 0.29) is 0 Å². The van der Waals surface area contributed by atoms with Crippen molar-refractivity contribution in [2.45, 2.75) is 52.1 Å². The van der Waals surface area contributed by atoms with Gasteiger partial charge in [0.1, 0.15) is 32.4 Å². The zero-order valence-electron chi connectivity index (χ0n) is 32.1. The smallest absolute Gasteiger partial charge is 0.430 e. The third-order valence-corrected chi connectivity index (χ3v) is 8.73. The largest absolute Gasteiger partial charge is 0.542 e. The van der Waals surface area contributed by atoms with Crippen molar-refractivity contribution < 1.29 is 47.8 Å². The van der Waals surface area contributed by atoms with Crippen LogP contribution in [0.3, 0.4) is 0 Å². The molecular weight excluding hydrogens is 746 g/mol. The Bertz CT molecular complexity index is 1970. The molecule has 0 heterocycles. The number of nitrogens with zero attached hydrogens (tertiary/aromatic N) is 1. The predicted octanol–water partition coefficient (Wildman–Crippen LogP) is 7.94. The van der Waals surface area contributed by atoms with Crippen LogP contribution in [0.4, 0.5) is 13.2 Å². The van der Waals surface area contributed by atoms with Crippen molar-refractivity contribution in [3.63, 3.8) is 0 Å². The van der Waals surface area contributed by atoms with Gasteiger partial charge in [-0.15, -0.1) is 0 Å². The number of carboxylic acids is 1. The van der Waals surface area contributed by atoms with Crippen molar-refractivity contribution in [2.75, 3.05) is 13.1 Å². The molecule has 8 nitrogen and oxygen atoms in total. The summed E-state index contributed by atoms with van der Waals surface area (Å²) in [7, 11) is 0. The highest BCUT2D eigenvalue weighted by Crippen LogP contribution is 2.33. The maximum Gasteiger partial charge on any atom is 0.430 e. The molecule has 3 N–H and O–H groups in total. The van der Waals surface area contributed by atoms with Gasteiger partial charge >= 0.3 is 6.18 Å². The van der Waals surface area contributed by atoms with Gasteiger partial charge in [-0.3, -0.25) is 4.90 Å². The summed E-state index contributed by atoms with van der Waals surface area (Å²) in [4.78, 5) is 11.2. The zero-order valence-corrected chi connectivity index (χ0v) is 32.1. The highest BCUT2D eigenvalue weighted by Gasteiger charge is 2.28. The molecule has 302 valence electrons. The Labute approximate surface area is 337 Å². The zero-order chi connectivity index (χ0) is 41.0. The van der Waals surface area contributed by atoms with Crippen LogP contribution in [0.15, 0.2) is 158 Å². The third kappa shape index (κ3) is 14.6. The fourth-order valence-corrected chi connectivity index (χ4v) is 5.77. The van der Waals surface area contributed by atoms with Gasteiger partial charge in [-0.05, 0) is 57.6 Å². The summed E-state index contributed by atoms with van der Waals surface area (Å²) in [6.45, 7) is 5.12. The molecule has 0 atom stereocenters. The molecule has 0 unspecified atom stereocenters. The molecule has 0 saturated heterocycles. The van der Waals surface area contributed by atoms with E-state index in [0.29, 0.717) is 26.4 Å². The maximum absolute atomic E-state index is 10.5. The molecule has 11 heteroatoms. The maximum atomic E-state index is 10.5. The Morgan fingerprint density at radius 1 is 0.500 bits per heavy atom. The van der Waals surface area contributed by atoms with E-state index in [1.165, 1.54) is 0 Å². The van der Waals surface area contributed by atoms with Crippen molar-refractivity contribution in [2.24, 2.45) is 0 Å². The van der Waals surface area contributed by atoms with Crippen LogP contribution in [0, 0.1) is 0 Å². The van der Waals surface area contributed by atoms with Gasteiger partial charge in [0.15, 0.2) is 23.0 Å². The highest BCUT2D eigenvalue weighted by atomic mass is 19.4. The van der Waals surface area contributed by atoms with E-state index in [2.05, 4.69) is 83.4 Å². The van der Waals surface area contributed by atoms with Crippen LogP contribution in [0.2, 0.25) is 0 Å². The Kier molecular flexibility index (Phi) is 16.6. The molecule has 0 radical (unpaired) electrons. The second-order valence-electron chi connectivity index (χ2n) is 13.4.